The van der Waals surface area contributed by atoms with E-state index in [2.05, 4.69) is 35.6 Å². The number of nitrogens with zero attached hydrogens (tertiary/aromatic N) is 2. The highest BCUT2D eigenvalue weighted by Gasteiger charge is 2.27. The number of likely N-dealkylation sites (N-methyl/N-ethyl adjacent to an activating group) is 2. The fourth-order valence-corrected chi connectivity index (χ4v) is 4.01. The van der Waals surface area contributed by atoms with Crippen LogP contribution in [0.5, 0.6) is 0 Å². The van der Waals surface area contributed by atoms with E-state index in [1.807, 2.05) is 36.2 Å². The molecule has 0 aliphatic carbocycles. The summed E-state index contributed by atoms with van der Waals surface area (Å²) in [4.78, 5) is 18.4. The molecule has 2 aromatic rings. The molecule has 4 nitrogen and oxygen atoms in total. The number of carbonyl (C=O) groups excluding carboxylic acids is 1. The van der Waals surface area contributed by atoms with Gasteiger partial charge in [0.1, 0.15) is 0 Å². The lowest BCUT2D eigenvalue weighted by Crippen LogP contribution is -2.38. The first-order valence-electron chi connectivity index (χ1n) is 8.38. The molecule has 1 fully saturated rings. The largest absolute Gasteiger partial charge is 0.379 e. The third kappa shape index (κ3) is 3.62. The SMILES string of the molecule is Cc1ccsc1CNc1ccccc1C(=O)N(C)[C@@H]1CCN(C)C1. The monoisotopic (exact) mass is 343 g/mol. The molecule has 1 N–H and O–H groups in total. The van der Waals surface area contributed by atoms with Crippen LogP contribution in [0.3, 0.4) is 0 Å². The normalized spacial score (nSPS) is 17.9. The molecule has 0 bridgehead atoms. The molecule has 24 heavy (non-hydrogen) atoms. The third-order valence-corrected chi connectivity index (χ3v) is 5.82. The van der Waals surface area contributed by atoms with Gasteiger partial charge < -0.3 is 15.1 Å². The van der Waals surface area contributed by atoms with Gasteiger partial charge in [0.05, 0.1) is 5.56 Å². The molecule has 0 unspecified atom stereocenters. The number of para-hydroxylation sites is 1. The molecule has 1 aliphatic heterocycles. The van der Waals surface area contributed by atoms with Crippen molar-refractivity contribution in [3.63, 3.8) is 0 Å². The highest BCUT2D eigenvalue weighted by atomic mass is 32.1. The van der Waals surface area contributed by atoms with Crippen LogP contribution in [-0.4, -0.2) is 48.9 Å². The molecule has 1 saturated heterocycles. The van der Waals surface area contributed by atoms with Gasteiger partial charge in [-0.25, -0.2) is 0 Å². The number of hydrogen-bond donors (Lipinski definition) is 1. The minimum absolute atomic E-state index is 0.0984. The van der Waals surface area contributed by atoms with Gasteiger partial charge in [0.15, 0.2) is 0 Å². The summed E-state index contributed by atoms with van der Waals surface area (Å²) in [6, 6.07) is 10.2. The topological polar surface area (TPSA) is 35.6 Å². The van der Waals surface area contributed by atoms with Crippen LogP contribution in [0.25, 0.3) is 0 Å². The summed E-state index contributed by atoms with van der Waals surface area (Å²) in [5.41, 5.74) is 2.96. The van der Waals surface area contributed by atoms with Gasteiger partial charge in [0.2, 0.25) is 0 Å². The number of hydrogen-bond acceptors (Lipinski definition) is 4. The quantitative estimate of drug-likeness (QED) is 0.903. The molecule has 1 aromatic heterocycles. The zero-order valence-corrected chi connectivity index (χ0v) is 15.4. The summed E-state index contributed by atoms with van der Waals surface area (Å²) in [5, 5.41) is 5.55. The van der Waals surface area contributed by atoms with E-state index in [1.165, 1.54) is 10.4 Å². The molecule has 1 amide bonds. The molecule has 2 heterocycles. The Balaban J connectivity index is 1.73. The van der Waals surface area contributed by atoms with Crippen molar-refractivity contribution in [2.24, 2.45) is 0 Å². The molecule has 5 heteroatoms. The molecule has 1 aromatic carbocycles. The van der Waals surface area contributed by atoms with Gasteiger partial charge in [0, 0.05) is 36.7 Å². The summed E-state index contributed by atoms with van der Waals surface area (Å²) in [5.74, 6) is 0.0984. The Hall–Kier alpha value is -1.85. The van der Waals surface area contributed by atoms with Crippen LogP contribution in [0.2, 0.25) is 0 Å². The molecule has 128 valence electrons. The second-order valence-electron chi connectivity index (χ2n) is 6.55. The number of aryl methyl sites for hydroxylation is 1. The zero-order valence-electron chi connectivity index (χ0n) is 14.6. The van der Waals surface area contributed by atoms with Gasteiger partial charge in [-0.2, -0.15) is 0 Å². The van der Waals surface area contributed by atoms with E-state index in [-0.39, 0.29) is 5.91 Å². The number of nitrogens with one attached hydrogen (secondary N) is 1. The first-order chi connectivity index (χ1) is 11.6. The number of benzene rings is 1. The zero-order chi connectivity index (χ0) is 17.1. The minimum atomic E-state index is 0.0984. The fourth-order valence-electron chi connectivity index (χ4n) is 3.17. The molecule has 0 spiro atoms. The Bertz CT molecular complexity index is 712. The number of rotatable bonds is 5. The average Bonchev–Trinajstić information content (AvgIpc) is 3.20. The first-order valence-corrected chi connectivity index (χ1v) is 9.26. The summed E-state index contributed by atoms with van der Waals surface area (Å²) < 4.78 is 0. The van der Waals surface area contributed by atoms with E-state index in [4.69, 9.17) is 0 Å². The Labute approximate surface area is 148 Å². The van der Waals surface area contributed by atoms with E-state index in [0.717, 1.165) is 37.3 Å². The highest BCUT2D eigenvalue weighted by molar-refractivity contribution is 7.10. The second-order valence-corrected chi connectivity index (χ2v) is 7.55. The molecule has 3 rings (SSSR count). The average molecular weight is 343 g/mol. The van der Waals surface area contributed by atoms with Crippen LogP contribution in [-0.2, 0) is 6.54 Å². The van der Waals surface area contributed by atoms with Gasteiger partial charge in [-0.1, -0.05) is 12.1 Å². The van der Waals surface area contributed by atoms with Crippen LogP contribution >= 0.6 is 11.3 Å². The van der Waals surface area contributed by atoms with E-state index >= 15 is 0 Å². The highest BCUT2D eigenvalue weighted by Crippen LogP contribution is 2.23. The van der Waals surface area contributed by atoms with Crippen molar-refractivity contribution in [1.29, 1.82) is 0 Å². The summed E-state index contributed by atoms with van der Waals surface area (Å²) in [7, 11) is 4.03. The van der Waals surface area contributed by atoms with Gasteiger partial charge in [-0.05, 0) is 56.1 Å². The minimum Gasteiger partial charge on any atom is -0.379 e. The van der Waals surface area contributed by atoms with Crippen molar-refractivity contribution >= 4 is 22.9 Å². The Morgan fingerprint density at radius 2 is 2.17 bits per heavy atom. The standard InChI is InChI=1S/C19H25N3OS/c1-14-9-11-24-18(14)12-20-17-7-5-4-6-16(17)19(23)22(3)15-8-10-21(2)13-15/h4-7,9,11,15,20H,8,10,12-13H2,1-3H3/t15-/m1/s1. The molecule has 0 saturated carbocycles. The summed E-state index contributed by atoms with van der Waals surface area (Å²) in [6.07, 6.45) is 1.04. The van der Waals surface area contributed by atoms with Gasteiger partial charge in [-0.15, -0.1) is 11.3 Å². The maximum atomic E-state index is 13.0. The van der Waals surface area contributed by atoms with Gasteiger partial charge >= 0.3 is 0 Å². The van der Waals surface area contributed by atoms with Crippen molar-refractivity contribution in [2.75, 3.05) is 32.5 Å². The second kappa shape index (κ2) is 7.36. The molecule has 0 radical (unpaired) electrons. The Kier molecular flexibility index (Phi) is 5.21. The van der Waals surface area contributed by atoms with Crippen LogP contribution in [0.15, 0.2) is 35.7 Å². The van der Waals surface area contributed by atoms with Crippen LogP contribution in [0.1, 0.15) is 27.2 Å². The summed E-state index contributed by atoms with van der Waals surface area (Å²) >= 11 is 1.75. The van der Waals surface area contributed by atoms with E-state index in [1.54, 1.807) is 11.3 Å². The first kappa shape index (κ1) is 17.0. The lowest BCUT2D eigenvalue weighted by atomic mass is 10.1. The van der Waals surface area contributed by atoms with Gasteiger partial charge in [-0.3, -0.25) is 4.79 Å². The van der Waals surface area contributed by atoms with Crippen molar-refractivity contribution < 1.29 is 4.79 Å². The van der Waals surface area contributed by atoms with Crippen molar-refractivity contribution in [3.8, 4) is 0 Å². The molecular weight excluding hydrogens is 318 g/mol. The van der Waals surface area contributed by atoms with Crippen LogP contribution in [0, 0.1) is 6.92 Å². The lowest BCUT2D eigenvalue weighted by Gasteiger charge is -2.25. The van der Waals surface area contributed by atoms with Crippen molar-refractivity contribution in [3.05, 3.63) is 51.7 Å². The van der Waals surface area contributed by atoms with Crippen LogP contribution in [0.4, 0.5) is 5.69 Å². The lowest BCUT2D eigenvalue weighted by molar-refractivity contribution is 0.0738. The number of carbonyl (C=O) groups is 1. The van der Waals surface area contributed by atoms with E-state index < -0.39 is 0 Å². The fraction of sp³-hybridized carbons (Fsp3) is 0.421. The van der Waals surface area contributed by atoms with Crippen LogP contribution < -0.4 is 5.32 Å². The summed E-state index contributed by atoms with van der Waals surface area (Å²) in [6.45, 7) is 4.88. The molecular formula is C19H25N3OS. The molecule has 1 aliphatic rings. The Morgan fingerprint density at radius 1 is 1.38 bits per heavy atom. The smallest absolute Gasteiger partial charge is 0.255 e. The van der Waals surface area contributed by atoms with E-state index in [0.29, 0.717) is 6.04 Å². The van der Waals surface area contributed by atoms with Crippen molar-refractivity contribution in [2.45, 2.75) is 25.9 Å². The Morgan fingerprint density at radius 3 is 2.83 bits per heavy atom. The predicted molar refractivity (Wildman–Crippen MR) is 101 cm³/mol. The predicted octanol–water partition coefficient (Wildman–Crippen LogP) is 3.44. The number of amides is 1. The number of anilines is 1. The maximum Gasteiger partial charge on any atom is 0.255 e. The number of likely N-dealkylation sites (tertiary alicyclic amines) is 1. The van der Waals surface area contributed by atoms with Gasteiger partial charge in [0.25, 0.3) is 5.91 Å². The molecule has 1 atom stereocenters. The third-order valence-electron chi connectivity index (χ3n) is 4.80. The van der Waals surface area contributed by atoms with E-state index in [9.17, 15) is 4.79 Å². The van der Waals surface area contributed by atoms with Crippen molar-refractivity contribution in [1.82, 2.24) is 9.80 Å². The number of thiophene rings is 1. The maximum absolute atomic E-state index is 13.0.